The number of aryl methyl sites for hydroxylation is 1. The molecule has 2 aromatic carbocycles. The average Bonchev–Trinajstić information content (AvgIpc) is 3.10. The van der Waals surface area contributed by atoms with Gasteiger partial charge in [0.1, 0.15) is 18.2 Å². The van der Waals surface area contributed by atoms with Crippen LogP contribution in [0, 0.1) is 12.7 Å². The molecule has 1 heterocycles. The molecule has 0 atom stereocenters. The van der Waals surface area contributed by atoms with E-state index in [9.17, 15) is 14.0 Å². The Morgan fingerprint density at radius 2 is 1.85 bits per heavy atom. The number of benzene rings is 2. The highest BCUT2D eigenvalue weighted by atomic mass is 32.1. The summed E-state index contributed by atoms with van der Waals surface area (Å²) in [4.78, 5) is 28.3. The minimum atomic E-state index is -0.665. The van der Waals surface area contributed by atoms with Crippen LogP contribution < -0.4 is 4.74 Å². The number of thiazole rings is 1. The number of aromatic nitrogens is 1. The molecule has 3 aromatic rings. The van der Waals surface area contributed by atoms with Gasteiger partial charge in [0, 0.05) is 5.38 Å². The number of esters is 1. The second kappa shape index (κ2) is 8.55. The Hall–Kier alpha value is -3.06. The smallest absolute Gasteiger partial charge is 0.338 e. The summed E-state index contributed by atoms with van der Waals surface area (Å²) >= 11 is 1.55. The van der Waals surface area contributed by atoms with Crippen molar-refractivity contribution in [2.24, 2.45) is 0 Å². The summed E-state index contributed by atoms with van der Waals surface area (Å²) in [6.07, 6.45) is 0. The molecule has 0 saturated carbocycles. The van der Waals surface area contributed by atoms with Crippen molar-refractivity contribution in [2.45, 2.75) is 13.5 Å². The van der Waals surface area contributed by atoms with Gasteiger partial charge in [-0.05, 0) is 43.3 Å². The molecule has 0 N–H and O–H groups in total. The first-order valence-corrected chi connectivity index (χ1v) is 8.99. The normalized spacial score (nSPS) is 10.4. The maximum Gasteiger partial charge on any atom is 0.338 e. The van der Waals surface area contributed by atoms with Crippen LogP contribution in [0.2, 0.25) is 0 Å². The standard InChI is InChI=1S/C20H16FNO4S/c1-13-22-15(12-27-13)10-25-16-8-6-14(7-9-16)20(24)26-11-19(23)17-4-2-3-5-18(17)21/h2-9,12H,10-11H2,1H3. The number of ketones is 1. The lowest BCUT2D eigenvalue weighted by Gasteiger charge is -2.07. The van der Waals surface area contributed by atoms with Crippen molar-refractivity contribution in [1.29, 1.82) is 0 Å². The van der Waals surface area contributed by atoms with Gasteiger partial charge in [-0.3, -0.25) is 4.79 Å². The van der Waals surface area contributed by atoms with E-state index >= 15 is 0 Å². The summed E-state index contributed by atoms with van der Waals surface area (Å²) in [6, 6.07) is 11.9. The van der Waals surface area contributed by atoms with Gasteiger partial charge in [-0.1, -0.05) is 12.1 Å². The molecule has 0 unspecified atom stereocenters. The summed E-state index contributed by atoms with van der Waals surface area (Å²) < 4.78 is 24.1. The Labute approximate surface area is 159 Å². The van der Waals surface area contributed by atoms with Crippen LogP contribution in [0.4, 0.5) is 4.39 Å². The topological polar surface area (TPSA) is 65.5 Å². The lowest BCUT2D eigenvalue weighted by Crippen LogP contribution is -2.15. The molecule has 0 aliphatic rings. The lowest BCUT2D eigenvalue weighted by atomic mass is 10.1. The molecular formula is C20H16FNO4S. The van der Waals surface area contributed by atoms with E-state index < -0.39 is 24.2 Å². The quantitative estimate of drug-likeness (QED) is 0.450. The Morgan fingerprint density at radius 3 is 2.52 bits per heavy atom. The number of ether oxygens (including phenoxy) is 2. The number of halogens is 1. The Morgan fingerprint density at radius 1 is 1.11 bits per heavy atom. The van der Waals surface area contributed by atoms with Crippen LogP contribution in [0.15, 0.2) is 53.9 Å². The summed E-state index contributed by atoms with van der Waals surface area (Å²) in [5.41, 5.74) is 1.01. The first-order chi connectivity index (χ1) is 13.0. The van der Waals surface area contributed by atoms with E-state index in [4.69, 9.17) is 9.47 Å². The van der Waals surface area contributed by atoms with Gasteiger partial charge in [0.2, 0.25) is 5.78 Å². The fourth-order valence-electron chi connectivity index (χ4n) is 2.30. The summed E-state index contributed by atoms with van der Waals surface area (Å²) in [5.74, 6) is -1.32. The van der Waals surface area contributed by atoms with Crippen LogP contribution in [-0.4, -0.2) is 23.3 Å². The third-order valence-corrected chi connectivity index (χ3v) is 4.47. The largest absolute Gasteiger partial charge is 0.487 e. The molecule has 27 heavy (non-hydrogen) atoms. The minimum Gasteiger partial charge on any atom is -0.487 e. The zero-order valence-electron chi connectivity index (χ0n) is 14.5. The number of hydrogen-bond donors (Lipinski definition) is 0. The van der Waals surface area contributed by atoms with Gasteiger partial charge in [0.25, 0.3) is 0 Å². The number of carbonyl (C=O) groups is 2. The molecule has 0 amide bonds. The SMILES string of the molecule is Cc1nc(COc2ccc(C(=O)OCC(=O)c3ccccc3F)cc2)cs1. The maximum absolute atomic E-state index is 13.5. The average molecular weight is 385 g/mol. The molecule has 0 saturated heterocycles. The van der Waals surface area contributed by atoms with Crippen molar-refractivity contribution in [3.8, 4) is 5.75 Å². The minimum absolute atomic E-state index is 0.105. The van der Waals surface area contributed by atoms with Gasteiger partial charge in [-0.2, -0.15) is 0 Å². The Balaban J connectivity index is 1.52. The second-order valence-electron chi connectivity index (χ2n) is 5.65. The highest BCUT2D eigenvalue weighted by Crippen LogP contribution is 2.16. The third-order valence-electron chi connectivity index (χ3n) is 3.65. The molecule has 0 aliphatic heterocycles. The van der Waals surface area contributed by atoms with Crippen LogP contribution in [0.5, 0.6) is 5.75 Å². The number of nitrogens with zero attached hydrogens (tertiary/aromatic N) is 1. The number of rotatable bonds is 7. The molecule has 3 rings (SSSR count). The summed E-state index contributed by atoms with van der Waals surface area (Å²) in [7, 11) is 0. The van der Waals surface area contributed by atoms with E-state index in [0.29, 0.717) is 12.4 Å². The summed E-state index contributed by atoms with van der Waals surface area (Å²) in [6.45, 7) is 1.73. The first-order valence-electron chi connectivity index (χ1n) is 8.11. The van der Waals surface area contributed by atoms with E-state index in [1.165, 1.54) is 30.3 Å². The van der Waals surface area contributed by atoms with E-state index in [1.54, 1.807) is 29.5 Å². The van der Waals surface area contributed by atoms with E-state index in [1.807, 2.05) is 12.3 Å². The predicted octanol–water partition coefficient (Wildman–Crippen LogP) is 4.21. The van der Waals surface area contributed by atoms with E-state index in [0.717, 1.165) is 10.7 Å². The van der Waals surface area contributed by atoms with Crippen LogP contribution in [0.25, 0.3) is 0 Å². The molecule has 0 fully saturated rings. The van der Waals surface area contributed by atoms with Gasteiger partial charge in [0.05, 0.1) is 21.8 Å². The third kappa shape index (κ3) is 4.98. The zero-order chi connectivity index (χ0) is 19.2. The van der Waals surface area contributed by atoms with Crippen LogP contribution in [-0.2, 0) is 11.3 Å². The number of hydrogen-bond acceptors (Lipinski definition) is 6. The van der Waals surface area contributed by atoms with E-state index in [-0.39, 0.29) is 11.1 Å². The Bertz CT molecular complexity index is 953. The highest BCUT2D eigenvalue weighted by molar-refractivity contribution is 7.09. The molecular weight excluding hydrogens is 369 g/mol. The van der Waals surface area contributed by atoms with Crippen molar-refractivity contribution in [3.05, 3.63) is 81.6 Å². The molecule has 7 heteroatoms. The fraction of sp³-hybridized carbons (Fsp3) is 0.150. The van der Waals surface area contributed by atoms with Crippen molar-refractivity contribution >= 4 is 23.1 Å². The van der Waals surface area contributed by atoms with Crippen LogP contribution >= 0.6 is 11.3 Å². The molecule has 1 aromatic heterocycles. The molecule has 0 bridgehead atoms. The van der Waals surface area contributed by atoms with Gasteiger partial charge < -0.3 is 9.47 Å². The molecule has 0 radical (unpaired) electrons. The predicted molar refractivity (Wildman–Crippen MR) is 98.6 cm³/mol. The van der Waals surface area contributed by atoms with Gasteiger partial charge in [-0.25, -0.2) is 14.2 Å². The molecule has 5 nitrogen and oxygen atoms in total. The van der Waals surface area contributed by atoms with E-state index in [2.05, 4.69) is 4.98 Å². The maximum atomic E-state index is 13.5. The highest BCUT2D eigenvalue weighted by Gasteiger charge is 2.14. The monoisotopic (exact) mass is 385 g/mol. The number of carbonyl (C=O) groups excluding carboxylic acids is 2. The van der Waals surface area contributed by atoms with Gasteiger partial charge >= 0.3 is 5.97 Å². The van der Waals surface area contributed by atoms with Crippen molar-refractivity contribution in [2.75, 3.05) is 6.61 Å². The molecule has 138 valence electrons. The molecule has 0 aliphatic carbocycles. The Kier molecular flexibility index (Phi) is 5.93. The molecule has 0 spiro atoms. The van der Waals surface area contributed by atoms with Crippen LogP contribution in [0.1, 0.15) is 31.4 Å². The fourth-order valence-corrected chi connectivity index (χ4v) is 2.90. The van der Waals surface area contributed by atoms with Crippen molar-refractivity contribution < 1.29 is 23.5 Å². The van der Waals surface area contributed by atoms with Crippen LogP contribution in [0.3, 0.4) is 0 Å². The van der Waals surface area contributed by atoms with Crippen molar-refractivity contribution in [1.82, 2.24) is 4.98 Å². The first kappa shape index (κ1) is 18.7. The van der Waals surface area contributed by atoms with Gasteiger partial charge in [-0.15, -0.1) is 11.3 Å². The zero-order valence-corrected chi connectivity index (χ0v) is 15.3. The van der Waals surface area contributed by atoms with Crippen molar-refractivity contribution in [3.63, 3.8) is 0 Å². The number of Topliss-reactive ketones (excluding diaryl/α,β-unsaturated/α-hetero) is 1. The van der Waals surface area contributed by atoms with Gasteiger partial charge in [0.15, 0.2) is 6.61 Å². The summed E-state index contributed by atoms with van der Waals surface area (Å²) in [5, 5.41) is 2.89. The second-order valence-corrected chi connectivity index (χ2v) is 6.71. The lowest BCUT2D eigenvalue weighted by molar-refractivity contribution is 0.0473.